The number of carbonyl (C=O) groups excluding carboxylic acids is 1. The van der Waals surface area contributed by atoms with E-state index in [1.54, 1.807) is 18.5 Å². The van der Waals surface area contributed by atoms with E-state index in [1.165, 1.54) is 0 Å². The van der Waals surface area contributed by atoms with Gasteiger partial charge in [0.05, 0.1) is 18.8 Å². The van der Waals surface area contributed by atoms with E-state index in [4.69, 9.17) is 4.74 Å². The molecule has 1 aromatic carbocycles. The lowest BCUT2D eigenvalue weighted by Gasteiger charge is -2.36. The van der Waals surface area contributed by atoms with Crippen LogP contribution >= 0.6 is 15.9 Å². The molecule has 0 bridgehead atoms. The van der Waals surface area contributed by atoms with Gasteiger partial charge in [-0.3, -0.25) is 15.0 Å². The minimum absolute atomic E-state index is 0.0323. The van der Waals surface area contributed by atoms with Crippen LogP contribution in [0.15, 0.2) is 47.2 Å². The van der Waals surface area contributed by atoms with Gasteiger partial charge in [-0.1, -0.05) is 28.1 Å². The maximum absolute atomic E-state index is 12.4. The molecule has 1 N–H and O–H groups in total. The van der Waals surface area contributed by atoms with Gasteiger partial charge < -0.3 is 4.74 Å². The lowest BCUT2D eigenvalue weighted by Crippen LogP contribution is -2.48. The fourth-order valence-electron chi connectivity index (χ4n) is 2.64. The molecule has 7 heteroatoms. The van der Waals surface area contributed by atoms with E-state index >= 15 is 0 Å². The van der Waals surface area contributed by atoms with Crippen LogP contribution in [0.4, 0.5) is 5.95 Å². The first-order chi connectivity index (χ1) is 11.6. The van der Waals surface area contributed by atoms with Crippen LogP contribution < -0.4 is 5.32 Å². The standard InChI is InChI=1S/C17H19BrN4O2/c1-12(16(23)21-17-19-7-2-8-20-17)22-9-10-24-15(11-22)13-3-5-14(18)6-4-13/h2-8,12,15H,9-11H2,1H3,(H,19,20,21,23). The first-order valence-corrected chi connectivity index (χ1v) is 8.62. The average Bonchev–Trinajstić information content (AvgIpc) is 2.62. The summed E-state index contributed by atoms with van der Waals surface area (Å²) in [5.74, 6) is 0.213. The van der Waals surface area contributed by atoms with Gasteiger partial charge in [0.15, 0.2) is 0 Å². The van der Waals surface area contributed by atoms with Crippen LogP contribution in [0.2, 0.25) is 0 Å². The third-order valence-electron chi connectivity index (χ3n) is 4.07. The van der Waals surface area contributed by atoms with Crippen LogP contribution in [-0.2, 0) is 9.53 Å². The first kappa shape index (κ1) is 17.0. The molecule has 1 aliphatic rings. The molecule has 0 saturated carbocycles. The highest BCUT2D eigenvalue weighted by molar-refractivity contribution is 9.10. The predicted molar refractivity (Wildman–Crippen MR) is 94.5 cm³/mol. The molecule has 3 rings (SSSR count). The second-order valence-corrected chi connectivity index (χ2v) is 6.56. The van der Waals surface area contributed by atoms with E-state index < -0.39 is 0 Å². The Labute approximate surface area is 149 Å². The van der Waals surface area contributed by atoms with Gasteiger partial charge in [0.2, 0.25) is 11.9 Å². The number of ether oxygens (including phenoxy) is 1. The van der Waals surface area contributed by atoms with Crippen molar-refractivity contribution in [2.45, 2.75) is 19.1 Å². The molecule has 2 aromatic rings. The second kappa shape index (κ2) is 7.83. The molecule has 126 valence electrons. The lowest BCUT2D eigenvalue weighted by molar-refractivity contribution is -0.124. The van der Waals surface area contributed by atoms with Crippen molar-refractivity contribution in [3.8, 4) is 0 Å². The normalized spacial score (nSPS) is 19.7. The van der Waals surface area contributed by atoms with Gasteiger partial charge >= 0.3 is 0 Å². The molecule has 1 amide bonds. The largest absolute Gasteiger partial charge is 0.371 e. The Morgan fingerprint density at radius 3 is 2.75 bits per heavy atom. The molecule has 24 heavy (non-hydrogen) atoms. The number of morpholine rings is 1. The van der Waals surface area contributed by atoms with E-state index in [0.29, 0.717) is 19.1 Å². The molecule has 1 aromatic heterocycles. The molecular formula is C17H19BrN4O2. The van der Waals surface area contributed by atoms with E-state index in [9.17, 15) is 4.79 Å². The summed E-state index contributed by atoms with van der Waals surface area (Å²) in [5, 5.41) is 2.75. The molecule has 1 fully saturated rings. The van der Waals surface area contributed by atoms with Crippen LogP contribution in [0.25, 0.3) is 0 Å². The fourth-order valence-corrected chi connectivity index (χ4v) is 2.91. The number of hydrogen-bond donors (Lipinski definition) is 1. The van der Waals surface area contributed by atoms with Gasteiger partial charge in [0.25, 0.3) is 0 Å². The number of anilines is 1. The van der Waals surface area contributed by atoms with Crippen molar-refractivity contribution in [2.24, 2.45) is 0 Å². The van der Waals surface area contributed by atoms with Gasteiger partial charge in [-0.25, -0.2) is 9.97 Å². The summed E-state index contributed by atoms with van der Waals surface area (Å²) in [6, 6.07) is 9.52. The number of benzene rings is 1. The van der Waals surface area contributed by atoms with Crippen LogP contribution in [0.5, 0.6) is 0 Å². The van der Waals surface area contributed by atoms with Crippen LogP contribution in [0.3, 0.4) is 0 Å². The highest BCUT2D eigenvalue weighted by atomic mass is 79.9. The van der Waals surface area contributed by atoms with Crippen LogP contribution in [-0.4, -0.2) is 46.5 Å². The minimum Gasteiger partial charge on any atom is -0.371 e. The summed E-state index contributed by atoms with van der Waals surface area (Å²) < 4.78 is 6.91. The van der Waals surface area contributed by atoms with Gasteiger partial charge in [0, 0.05) is 30.0 Å². The molecule has 0 radical (unpaired) electrons. The number of amides is 1. The van der Waals surface area contributed by atoms with E-state index in [2.05, 4.69) is 36.1 Å². The number of aromatic nitrogens is 2. The van der Waals surface area contributed by atoms with Gasteiger partial charge in [-0.15, -0.1) is 0 Å². The molecular weight excluding hydrogens is 372 g/mol. The highest BCUT2D eigenvalue weighted by Crippen LogP contribution is 2.25. The topological polar surface area (TPSA) is 67.4 Å². The smallest absolute Gasteiger partial charge is 0.243 e. The van der Waals surface area contributed by atoms with Crippen molar-refractivity contribution in [2.75, 3.05) is 25.0 Å². The molecule has 0 spiro atoms. The van der Waals surface area contributed by atoms with Crippen molar-refractivity contribution in [3.05, 3.63) is 52.8 Å². The van der Waals surface area contributed by atoms with Gasteiger partial charge in [-0.2, -0.15) is 0 Å². The molecule has 2 heterocycles. The first-order valence-electron chi connectivity index (χ1n) is 7.82. The summed E-state index contributed by atoms with van der Waals surface area (Å²) in [5.41, 5.74) is 1.11. The van der Waals surface area contributed by atoms with Crippen molar-refractivity contribution in [3.63, 3.8) is 0 Å². The van der Waals surface area contributed by atoms with Crippen molar-refractivity contribution < 1.29 is 9.53 Å². The van der Waals surface area contributed by atoms with Gasteiger partial charge in [-0.05, 0) is 30.7 Å². The summed E-state index contributed by atoms with van der Waals surface area (Å²) >= 11 is 3.44. The Kier molecular flexibility index (Phi) is 5.55. The molecule has 2 unspecified atom stereocenters. The number of carbonyl (C=O) groups is 1. The predicted octanol–water partition coefficient (Wildman–Crippen LogP) is 2.64. The van der Waals surface area contributed by atoms with Crippen molar-refractivity contribution in [1.82, 2.24) is 14.9 Å². The van der Waals surface area contributed by atoms with Crippen LogP contribution in [0.1, 0.15) is 18.6 Å². The van der Waals surface area contributed by atoms with Gasteiger partial charge in [0.1, 0.15) is 0 Å². The third-order valence-corrected chi connectivity index (χ3v) is 4.60. The Bertz CT molecular complexity index is 681. The Morgan fingerprint density at radius 1 is 1.33 bits per heavy atom. The maximum Gasteiger partial charge on any atom is 0.243 e. The Morgan fingerprint density at radius 2 is 2.04 bits per heavy atom. The van der Waals surface area contributed by atoms with Crippen molar-refractivity contribution in [1.29, 1.82) is 0 Å². The number of halogens is 1. The number of nitrogens with one attached hydrogen (secondary N) is 1. The number of hydrogen-bond acceptors (Lipinski definition) is 5. The zero-order valence-corrected chi connectivity index (χ0v) is 14.9. The monoisotopic (exact) mass is 390 g/mol. The SMILES string of the molecule is CC(C(=O)Nc1ncccn1)N1CCOC(c2ccc(Br)cc2)C1. The van der Waals surface area contributed by atoms with Crippen molar-refractivity contribution >= 4 is 27.8 Å². The number of rotatable bonds is 4. The van der Waals surface area contributed by atoms with E-state index in [0.717, 1.165) is 16.6 Å². The quantitative estimate of drug-likeness (QED) is 0.868. The summed E-state index contributed by atoms with van der Waals surface area (Å²) in [6.45, 7) is 3.88. The maximum atomic E-state index is 12.4. The molecule has 1 aliphatic heterocycles. The Balaban J connectivity index is 1.63. The average molecular weight is 391 g/mol. The molecule has 6 nitrogen and oxygen atoms in total. The third kappa shape index (κ3) is 4.17. The van der Waals surface area contributed by atoms with Crippen LogP contribution in [0, 0.1) is 0 Å². The summed E-state index contributed by atoms with van der Waals surface area (Å²) in [7, 11) is 0. The second-order valence-electron chi connectivity index (χ2n) is 5.64. The zero-order chi connectivity index (χ0) is 16.9. The molecule has 2 atom stereocenters. The lowest BCUT2D eigenvalue weighted by atomic mass is 10.1. The minimum atomic E-state index is -0.282. The molecule has 0 aliphatic carbocycles. The fraction of sp³-hybridized carbons (Fsp3) is 0.353. The van der Waals surface area contributed by atoms with E-state index in [-0.39, 0.29) is 18.1 Å². The summed E-state index contributed by atoms with van der Waals surface area (Å²) in [6.07, 6.45) is 3.17. The molecule has 1 saturated heterocycles. The Hall–Kier alpha value is -1.83. The summed E-state index contributed by atoms with van der Waals surface area (Å²) in [4.78, 5) is 22.6. The van der Waals surface area contributed by atoms with E-state index in [1.807, 2.05) is 31.2 Å². The highest BCUT2D eigenvalue weighted by Gasteiger charge is 2.29. The zero-order valence-electron chi connectivity index (χ0n) is 13.4. The number of nitrogens with zero attached hydrogens (tertiary/aromatic N) is 3.